The average Bonchev–Trinajstić information content (AvgIpc) is 2.58. The van der Waals surface area contributed by atoms with Crippen LogP contribution in [0.2, 0.25) is 50.2 Å². The summed E-state index contributed by atoms with van der Waals surface area (Å²) in [7, 11) is 0. The number of benzene rings is 2. The van der Waals surface area contributed by atoms with E-state index in [-0.39, 0.29) is 97.8 Å². The van der Waals surface area contributed by atoms with E-state index in [0.29, 0.717) is 0 Å². The predicted molar refractivity (Wildman–Crippen MR) is 120 cm³/mol. The predicted octanol–water partition coefficient (Wildman–Crippen LogP) is 9.34. The Bertz CT molecular complexity index is 534. The molecule has 0 nitrogen and oxygen atoms in total. The molecule has 0 aliphatic heterocycles. The topological polar surface area (TPSA) is 0 Å². The summed E-state index contributed by atoms with van der Waals surface area (Å²) in [6.07, 6.45) is 0. The van der Waals surface area contributed by atoms with Crippen molar-refractivity contribution < 1.29 is 0 Å². The molecule has 0 radical (unpaired) electrons. The Morgan fingerprint density at radius 1 is 0.320 bits per heavy atom. The minimum Gasteiger partial charge on any atom is -0.777 e. The molecule has 2 aromatic rings. The molecule has 0 N–H and O–H groups in total. The van der Waals surface area contributed by atoms with Crippen molar-refractivity contribution in [1.29, 1.82) is 0 Å². The van der Waals surface area contributed by atoms with Crippen molar-refractivity contribution in [3.63, 3.8) is 0 Å². The quantitative estimate of drug-likeness (QED) is 0.128. The van der Waals surface area contributed by atoms with Crippen molar-refractivity contribution in [1.82, 2.24) is 0 Å². The van der Waals surface area contributed by atoms with Crippen LogP contribution in [0, 0.1) is 0 Å². The van der Waals surface area contributed by atoms with Crippen LogP contribution in [0.3, 0.4) is 0 Å². The summed E-state index contributed by atoms with van der Waals surface area (Å²) in [5.41, 5.74) is 0. The Labute approximate surface area is 235 Å². The van der Waals surface area contributed by atoms with Gasteiger partial charge < -0.3 is 25.3 Å². The van der Waals surface area contributed by atoms with E-state index in [1.165, 1.54) is 0 Å². The molecule has 0 unspecified atom stereocenters. The van der Waals surface area contributed by atoms with Gasteiger partial charge in [0.2, 0.25) is 0 Å². The van der Waals surface area contributed by atoms with E-state index in [1.807, 2.05) is 0 Å². The summed E-state index contributed by atoms with van der Waals surface area (Å²) in [5, 5.41) is 1.43. The van der Waals surface area contributed by atoms with E-state index in [4.69, 9.17) is 141 Å². The second kappa shape index (κ2) is 12.0. The van der Waals surface area contributed by atoms with E-state index < -0.39 is 0 Å². The fourth-order valence-corrected chi connectivity index (χ4v) is 4.08. The van der Waals surface area contributed by atoms with E-state index >= 15 is 0 Å². The molecule has 0 saturated heterocycles. The van der Waals surface area contributed by atoms with Crippen molar-refractivity contribution in [2.45, 2.75) is 9.79 Å². The van der Waals surface area contributed by atoms with Gasteiger partial charge in [-0.25, -0.2) is 0 Å². The van der Waals surface area contributed by atoms with E-state index in [1.54, 1.807) is 0 Å². The Hall–Kier alpha value is 3.04. The number of hydrogen-bond acceptors (Lipinski definition) is 2. The first-order valence-corrected chi connectivity index (χ1v) is 9.89. The molecule has 0 saturated carbocycles. The molecule has 2 rings (SSSR count). The zero-order chi connectivity index (χ0) is 18.9. The van der Waals surface area contributed by atoms with Crippen molar-refractivity contribution in [3.8, 4) is 0 Å². The summed E-state index contributed by atoms with van der Waals surface area (Å²) in [5.74, 6) is 0. The molecular weight excluding hydrogens is 603 g/mol. The third-order valence-corrected chi connectivity index (χ3v) is 8.16. The van der Waals surface area contributed by atoms with Crippen LogP contribution in [-0.2, 0) is 25.3 Å². The Morgan fingerprint density at radius 2 is 0.440 bits per heavy atom. The van der Waals surface area contributed by atoms with Crippen molar-refractivity contribution >= 4 is 179 Å². The average molecular weight is 603 g/mol. The van der Waals surface area contributed by atoms with Crippen molar-refractivity contribution in [2.75, 3.05) is 0 Å². The fraction of sp³-hybridized carbons (Fsp3) is 0. The molecule has 0 aliphatic rings. The third kappa shape index (κ3) is 6.51. The zero-order valence-corrected chi connectivity index (χ0v) is 22.7. The molecule has 13 heteroatoms. The van der Waals surface area contributed by atoms with Gasteiger partial charge in [0, 0.05) is 20.1 Å². The molecular formula is C12CaCl10S2. The molecule has 0 spiro atoms. The first kappa shape index (κ1) is 28.0. The molecule has 0 bridgehead atoms. The molecule has 0 heterocycles. The smallest absolute Gasteiger partial charge is 0.777 e. The Morgan fingerprint density at radius 3 is 0.600 bits per heavy atom. The normalized spacial score (nSPS) is 10.0. The van der Waals surface area contributed by atoms with Gasteiger partial charge in [0.05, 0.1) is 30.1 Å². The SMILES string of the molecule is [Ca+2].[S-]c1c(Cl)c(Cl)c(Cl)c(Cl)c1Cl.[S-]c1c(Cl)c(Cl)c(Cl)c(Cl)c1Cl. The van der Waals surface area contributed by atoms with Gasteiger partial charge in [-0.15, -0.1) is 9.79 Å². The van der Waals surface area contributed by atoms with Crippen molar-refractivity contribution in [3.05, 3.63) is 50.2 Å². The molecule has 0 fully saturated rings. The van der Waals surface area contributed by atoms with Gasteiger partial charge >= 0.3 is 37.7 Å². The molecule has 25 heavy (non-hydrogen) atoms. The summed E-state index contributed by atoms with van der Waals surface area (Å²) in [6, 6.07) is 0. The molecule has 2 aromatic carbocycles. The standard InChI is InChI=1S/2C6HCl5S.Ca/c2*7-1-2(8)4(10)6(12)5(11)3(1)9;/h2*12H;/q;;+2/p-2. The summed E-state index contributed by atoms with van der Waals surface area (Å²) in [6.45, 7) is 0. The third-order valence-electron chi connectivity index (χ3n) is 2.34. The maximum Gasteiger partial charge on any atom is 2.00 e. The van der Waals surface area contributed by atoms with Gasteiger partial charge in [-0.3, -0.25) is 0 Å². The van der Waals surface area contributed by atoms with Gasteiger partial charge in [-0.1, -0.05) is 116 Å². The van der Waals surface area contributed by atoms with Crippen LogP contribution >= 0.6 is 116 Å². The van der Waals surface area contributed by atoms with Crippen molar-refractivity contribution in [2.24, 2.45) is 0 Å². The van der Waals surface area contributed by atoms with Gasteiger partial charge in [-0.05, 0) is 0 Å². The van der Waals surface area contributed by atoms with Crippen LogP contribution in [-0.4, -0.2) is 37.7 Å². The first-order valence-electron chi connectivity index (χ1n) is 5.30. The van der Waals surface area contributed by atoms with Crippen LogP contribution in [0.4, 0.5) is 0 Å². The van der Waals surface area contributed by atoms with E-state index in [9.17, 15) is 0 Å². The Balaban J connectivity index is 0.000000443. The van der Waals surface area contributed by atoms with Crippen LogP contribution in [0.25, 0.3) is 0 Å². The second-order valence-electron chi connectivity index (χ2n) is 3.80. The van der Waals surface area contributed by atoms with Crippen LogP contribution in [0.1, 0.15) is 0 Å². The first-order chi connectivity index (χ1) is 10.9. The largest absolute Gasteiger partial charge is 2.00 e. The minimum absolute atomic E-state index is 0. The molecule has 0 amide bonds. The van der Waals surface area contributed by atoms with Crippen LogP contribution < -0.4 is 0 Å². The molecule has 0 aliphatic carbocycles. The van der Waals surface area contributed by atoms with E-state index in [2.05, 4.69) is 0 Å². The van der Waals surface area contributed by atoms with Gasteiger partial charge in [0.1, 0.15) is 0 Å². The maximum atomic E-state index is 5.70. The number of hydrogen-bond donors (Lipinski definition) is 0. The molecule has 132 valence electrons. The summed E-state index contributed by atoms with van der Waals surface area (Å²) >= 11 is 66.6. The monoisotopic (exact) mass is 598 g/mol. The summed E-state index contributed by atoms with van der Waals surface area (Å²) < 4.78 is 0. The van der Waals surface area contributed by atoms with E-state index in [0.717, 1.165) is 0 Å². The zero-order valence-electron chi connectivity index (χ0n) is 11.3. The number of rotatable bonds is 0. The van der Waals surface area contributed by atoms with Gasteiger partial charge in [0.25, 0.3) is 0 Å². The number of halogens is 10. The molecule has 0 atom stereocenters. The van der Waals surface area contributed by atoms with Crippen LogP contribution in [0.5, 0.6) is 0 Å². The fourth-order valence-electron chi connectivity index (χ4n) is 1.17. The van der Waals surface area contributed by atoms with Gasteiger partial charge in [-0.2, -0.15) is 0 Å². The van der Waals surface area contributed by atoms with Crippen LogP contribution in [0.15, 0.2) is 9.79 Å². The second-order valence-corrected chi connectivity index (χ2v) is 8.39. The Kier molecular flexibility index (Phi) is 13.5. The molecule has 0 aromatic heterocycles. The van der Waals surface area contributed by atoms with Gasteiger partial charge in [0.15, 0.2) is 0 Å². The maximum absolute atomic E-state index is 5.70. The minimum atomic E-state index is 0. The summed E-state index contributed by atoms with van der Waals surface area (Å²) in [4.78, 5) is 0.440.